The molecule has 1 saturated carbocycles. The highest BCUT2D eigenvalue weighted by Crippen LogP contribution is 2.51. The summed E-state index contributed by atoms with van der Waals surface area (Å²) < 4.78 is 64.2. The second kappa shape index (κ2) is 21.4. The third-order valence-electron chi connectivity index (χ3n) is 6.91. The maximum Gasteiger partial charge on any atom is 0.472 e. The van der Waals surface area contributed by atoms with Crippen molar-refractivity contribution in [2.75, 3.05) is 13.2 Å². The predicted molar refractivity (Wildman–Crippen MR) is 160 cm³/mol. The van der Waals surface area contributed by atoms with Gasteiger partial charge in [0.15, 0.2) is 6.10 Å². The summed E-state index contributed by atoms with van der Waals surface area (Å²) in [4.78, 5) is 71.6. The van der Waals surface area contributed by atoms with Crippen LogP contribution in [0.3, 0.4) is 0 Å². The lowest BCUT2D eigenvalue weighted by atomic mass is 9.85. The monoisotopic (exact) mass is 746 g/mol. The molecule has 0 aromatic heterocycles. The molecule has 1 fully saturated rings. The molecule has 19 nitrogen and oxygen atoms in total. The highest BCUT2D eigenvalue weighted by atomic mass is 31.2. The van der Waals surface area contributed by atoms with Crippen LogP contribution in [0, 0.1) is 0 Å². The number of aliphatic hydroxyl groups is 3. The van der Waals surface area contributed by atoms with Gasteiger partial charge in [0.05, 0.1) is 6.61 Å². The van der Waals surface area contributed by atoms with E-state index in [9.17, 15) is 43.5 Å². The Kier molecular flexibility index (Phi) is 20.1. The van der Waals surface area contributed by atoms with Crippen LogP contribution in [0.15, 0.2) is 0 Å². The first-order valence-corrected chi connectivity index (χ1v) is 19.9. The van der Waals surface area contributed by atoms with Gasteiger partial charge in [-0.2, -0.15) is 0 Å². The Bertz CT molecular complexity index is 1040. The molecular weight excluding hydrogens is 697 g/mol. The lowest BCUT2D eigenvalue weighted by Crippen LogP contribution is -2.65. The summed E-state index contributed by atoms with van der Waals surface area (Å²) in [6, 6.07) is 0. The van der Waals surface area contributed by atoms with Gasteiger partial charge in [-0.3, -0.25) is 27.7 Å². The molecule has 1 rings (SSSR count). The molecule has 0 spiro atoms. The smallest absolute Gasteiger partial charge is 0.462 e. The fraction of sp³-hybridized carbons (Fsp3) is 0.920. The van der Waals surface area contributed by atoms with Gasteiger partial charge in [0, 0.05) is 12.8 Å². The fourth-order valence-electron chi connectivity index (χ4n) is 4.58. The molecule has 278 valence electrons. The third kappa shape index (κ3) is 18.6. The lowest BCUT2D eigenvalue weighted by molar-refractivity contribution is -0.213. The van der Waals surface area contributed by atoms with E-state index >= 15 is 0 Å². The number of carbonyl (C=O) groups excluding carboxylic acids is 2. The summed E-state index contributed by atoms with van der Waals surface area (Å²) in [5, 5.41) is 31.4. The molecule has 0 amide bonds. The van der Waals surface area contributed by atoms with Crippen LogP contribution in [0.25, 0.3) is 0 Å². The van der Waals surface area contributed by atoms with Gasteiger partial charge in [-0.15, -0.1) is 0 Å². The number of rotatable bonds is 24. The number of ether oxygens (including phenoxy) is 2. The van der Waals surface area contributed by atoms with Crippen LogP contribution >= 0.6 is 23.5 Å². The molecule has 0 bridgehead atoms. The Morgan fingerprint density at radius 1 is 0.596 bits per heavy atom. The molecule has 0 aromatic rings. The van der Waals surface area contributed by atoms with E-state index in [2.05, 4.69) is 9.05 Å². The van der Waals surface area contributed by atoms with Crippen LogP contribution in [0.4, 0.5) is 0 Å². The highest BCUT2D eigenvalue weighted by Gasteiger charge is 2.56. The Hall–Kier alpha value is -0.850. The first-order chi connectivity index (χ1) is 21.8. The van der Waals surface area contributed by atoms with E-state index in [0.29, 0.717) is 12.8 Å². The number of hydrogen-bond acceptors (Lipinski definition) is 14. The van der Waals surface area contributed by atoms with Crippen LogP contribution in [0.2, 0.25) is 0 Å². The van der Waals surface area contributed by atoms with Crippen molar-refractivity contribution in [3.8, 4) is 0 Å². The molecule has 0 heterocycles. The molecule has 0 saturated heterocycles. The van der Waals surface area contributed by atoms with Crippen molar-refractivity contribution in [1.82, 2.24) is 0 Å². The van der Waals surface area contributed by atoms with Crippen molar-refractivity contribution < 1.29 is 90.6 Å². The molecule has 1 aliphatic carbocycles. The van der Waals surface area contributed by atoms with Crippen LogP contribution in [-0.2, 0) is 50.9 Å². The van der Waals surface area contributed by atoms with Crippen LogP contribution in [0.5, 0.6) is 0 Å². The molecule has 0 aromatic carbocycles. The number of aliphatic hydroxyl groups excluding tert-OH is 3. The lowest BCUT2D eigenvalue weighted by Gasteiger charge is -2.44. The maximum absolute atomic E-state index is 12.9. The molecule has 1 aliphatic rings. The number of esters is 2. The number of unbranched alkanes of at least 4 members (excludes halogenated alkanes) is 8. The van der Waals surface area contributed by atoms with Crippen LogP contribution < -0.4 is 0 Å². The van der Waals surface area contributed by atoms with Gasteiger partial charge < -0.3 is 49.3 Å². The first-order valence-electron chi connectivity index (χ1n) is 15.3. The molecule has 22 heteroatoms. The SMILES string of the molecule is CCCCCCCC(=O)OC[C@H](COP(=O)(O)OC1[C@@H](O)[C@H](OP(=O)(O)O)C(O)[C@H](OP(=O)(O)O)[C@@H]1O)OC(=O)CCCCCCC. The second-order valence-corrected chi connectivity index (χ2v) is 14.8. The van der Waals surface area contributed by atoms with Crippen molar-refractivity contribution >= 4 is 35.4 Å². The summed E-state index contributed by atoms with van der Waals surface area (Å²) in [7, 11) is -16.5. The van der Waals surface area contributed by atoms with E-state index in [-0.39, 0.29) is 12.8 Å². The summed E-state index contributed by atoms with van der Waals surface area (Å²) >= 11 is 0. The van der Waals surface area contributed by atoms with E-state index in [1.807, 2.05) is 13.8 Å². The summed E-state index contributed by atoms with van der Waals surface area (Å²) in [6.45, 7) is 2.56. The fourth-order valence-corrected chi connectivity index (χ4v) is 6.69. The standard InChI is InChI=1S/C25H49O19P3/c1-3-5-7-9-11-13-18(26)39-15-17(41-19(27)14-12-10-8-6-4-2)16-40-47(37,38)44-25-21(29)23(42-45(31,32)33)20(28)24(22(25)30)43-46(34,35)36/h17,20-25,28-30H,3-16H2,1-2H3,(H,37,38)(H2,31,32,33)(H2,34,35,36)/t17-,20?,21+,22+,23-,24+,25?/m1/s1. The van der Waals surface area contributed by atoms with Gasteiger partial charge in [-0.05, 0) is 12.8 Å². The van der Waals surface area contributed by atoms with E-state index in [1.165, 1.54) is 0 Å². The molecule has 0 radical (unpaired) electrons. The van der Waals surface area contributed by atoms with Gasteiger partial charge in [0.1, 0.15) is 43.2 Å². The first kappa shape index (κ1) is 44.2. The average molecular weight is 747 g/mol. The minimum atomic E-state index is -5.53. The molecule has 8 N–H and O–H groups in total. The normalized spacial score (nSPS) is 25.6. The van der Waals surface area contributed by atoms with Crippen LogP contribution in [-0.4, -0.2) is 108 Å². The van der Waals surface area contributed by atoms with Crippen molar-refractivity contribution in [1.29, 1.82) is 0 Å². The van der Waals surface area contributed by atoms with Gasteiger partial charge in [0.25, 0.3) is 0 Å². The highest BCUT2D eigenvalue weighted by molar-refractivity contribution is 7.47. The number of carbonyl (C=O) groups is 2. The summed E-state index contributed by atoms with van der Waals surface area (Å²) in [5.74, 6) is -1.34. The quantitative estimate of drug-likeness (QED) is 0.0396. The predicted octanol–water partition coefficient (Wildman–Crippen LogP) is 1.72. The maximum atomic E-state index is 12.9. The average Bonchev–Trinajstić information content (AvgIpc) is 2.96. The number of hydrogen-bond donors (Lipinski definition) is 8. The topological polar surface area (TPSA) is 303 Å². The second-order valence-electron chi connectivity index (χ2n) is 11.1. The van der Waals surface area contributed by atoms with Crippen molar-refractivity contribution in [3.63, 3.8) is 0 Å². The van der Waals surface area contributed by atoms with Crippen molar-refractivity contribution in [3.05, 3.63) is 0 Å². The van der Waals surface area contributed by atoms with Gasteiger partial charge in [-0.1, -0.05) is 65.2 Å². The zero-order chi connectivity index (χ0) is 35.8. The third-order valence-corrected chi connectivity index (χ3v) is 8.93. The Morgan fingerprint density at radius 3 is 1.43 bits per heavy atom. The van der Waals surface area contributed by atoms with E-state index in [0.717, 1.165) is 51.4 Å². The molecule has 47 heavy (non-hydrogen) atoms. The summed E-state index contributed by atoms with van der Waals surface area (Å²) in [6.07, 6.45) is -7.85. The van der Waals surface area contributed by atoms with Gasteiger partial charge in [-0.25, -0.2) is 13.7 Å². The van der Waals surface area contributed by atoms with Crippen molar-refractivity contribution in [2.24, 2.45) is 0 Å². The minimum Gasteiger partial charge on any atom is -0.462 e. The number of phosphoric acid groups is 3. The molecule has 3 unspecified atom stereocenters. The minimum absolute atomic E-state index is 0.0103. The van der Waals surface area contributed by atoms with Gasteiger partial charge >= 0.3 is 35.4 Å². The van der Waals surface area contributed by atoms with E-state index in [4.69, 9.17) is 38.1 Å². The Morgan fingerprint density at radius 2 is 1.00 bits per heavy atom. The van der Waals surface area contributed by atoms with Gasteiger partial charge in [0.2, 0.25) is 0 Å². The molecule has 8 atom stereocenters. The van der Waals surface area contributed by atoms with Crippen molar-refractivity contribution in [2.45, 2.75) is 134 Å². The zero-order valence-electron chi connectivity index (χ0n) is 26.4. The Balaban J connectivity index is 3.01. The Labute approximate surface area is 272 Å². The summed E-state index contributed by atoms with van der Waals surface area (Å²) in [5.41, 5.74) is 0. The molecular formula is C25H49O19P3. The largest absolute Gasteiger partial charge is 0.472 e. The number of phosphoric ester groups is 3. The van der Waals surface area contributed by atoms with Crippen LogP contribution in [0.1, 0.15) is 90.9 Å². The molecule has 0 aliphatic heterocycles. The van der Waals surface area contributed by atoms with E-state index < -0.39 is 91.3 Å². The zero-order valence-corrected chi connectivity index (χ0v) is 29.0. The van der Waals surface area contributed by atoms with E-state index in [1.54, 1.807) is 0 Å².